The van der Waals surface area contributed by atoms with Gasteiger partial charge in [0.25, 0.3) is 0 Å². The summed E-state index contributed by atoms with van der Waals surface area (Å²) >= 11 is 12.0. The minimum atomic E-state index is -2.52. The summed E-state index contributed by atoms with van der Waals surface area (Å²) in [4.78, 5) is 0. The molecule has 0 radical (unpaired) electrons. The number of hydrogen-bond acceptors (Lipinski definition) is 6. The summed E-state index contributed by atoms with van der Waals surface area (Å²) in [5.41, 5.74) is 0. The van der Waals surface area contributed by atoms with E-state index in [1.165, 1.54) is 0 Å². The fourth-order valence-electron chi connectivity index (χ4n) is 0.943. The van der Waals surface area contributed by atoms with E-state index in [-0.39, 0.29) is 0 Å². The first kappa shape index (κ1) is 14.1. The molecule has 3 nitrogen and oxygen atoms in total. The quantitative estimate of drug-likeness (QED) is 0.354. The monoisotopic (exact) mass is 260 g/mol. The second-order valence-corrected chi connectivity index (χ2v) is 5.76. The predicted molar refractivity (Wildman–Crippen MR) is 65.7 cm³/mol. The molecule has 0 bridgehead atoms. The van der Waals surface area contributed by atoms with E-state index in [0.717, 1.165) is 12.5 Å². The average Bonchev–Trinajstić information content (AvgIpc) is 2.06. The summed E-state index contributed by atoms with van der Waals surface area (Å²) in [7, 11) is -2.52. The maximum absolute atomic E-state index is 5.41. The van der Waals surface area contributed by atoms with Crippen LogP contribution in [-0.2, 0) is 13.3 Å². The van der Waals surface area contributed by atoms with Crippen LogP contribution in [-0.4, -0.2) is 26.6 Å². The van der Waals surface area contributed by atoms with E-state index in [2.05, 4.69) is 37.9 Å². The van der Waals surface area contributed by atoms with Crippen molar-refractivity contribution in [2.75, 3.05) is 17.8 Å². The lowest BCUT2D eigenvalue weighted by molar-refractivity contribution is 0.108. The van der Waals surface area contributed by atoms with Crippen molar-refractivity contribution in [3.63, 3.8) is 0 Å². The van der Waals surface area contributed by atoms with Gasteiger partial charge in [0.2, 0.25) is 0 Å². The Kier molecular flexibility index (Phi) is 9.20. The topological polar surface area (TPSA) is 27.7 Å². The van der Waals surface area contributed by atoms with Crippen LogP contribution < -0.4 is 0 Å². The van der Waals surface area contributed by atoms with Crippen LogP contribution in [0.1, 0.15) is 13.3 Å². The van der Waals surface area contributed by atoms with Gasteiger partial charge in [-0.15, -0.1) is 0 Å². The Bertz CT molecular complexity index is 98.2. The molecule has 0 fully saturated rings. The largest absolute Gasteiger partial charge is 0.502 e. The summed E-state index contributed by atoms with van der Waals surface area (Å²) in [6, 6.07) is 0.773. The minimum absolute atomic E-state index is 0.299. The Labute approximate surface area is 97.1 Å². The Hall–Kier alpha value is 1.15. The van der Waals surface area contributed by atoms with Crippen molar-refractivity contribution in [1.29, 1.82) is 0 Å². The van der Waals surface area contributed by atoms with Gasteiger partial charge < -0.3 is 13.3 Å². The molecule has 0 unspecified atom stereocenters. The molecule has 0 aromatic rings. The molecule has 0 saturated heterocycles. The molecule has 80 valence electrons. The van der Waals surface area contributed by atoms with Gasteiger partial charge >= 0.3 is 8.80 Å². The van der Waals surface area contributed by atoms with Crippen LogP contribution in [0.15, 0.2) is 0 Å². The fraction of sp³-hybridized carbons (Fsp3) is 1.00. The summed E-state index contributed by atoms with van der Waals surface area (Å²) < 4.78 is 16.2. The molecular weight excluding hydrogens is 244 g/mol. The van der Waals surface area contributed by atoms with Crippen molar-refractivity contribution in [1.82, 2.24) is 0 Å². The van der Waals surface area contributed by atoms with Crippen molar-refractivity contribution >= 4 is 46.7 Å². The van der Waals surface area contributed by atoms with Gasteiger partial charge in [-0.05, 0) is 0 Å². The highest BCUT2D eigenvalue weighted by molar-refractivity contribution is 7.80. The SMILES string of the molecule is CCC[Si](OCS)(OCS)OCS. The van der Waals surface area contributed by atoms with Crippen molar-refractivity contribution in [3.8, 4) is 0 Å². The lowest BCUT2D eigenvalue weighted by Crippen LogP contribution is -2.45. The zero-order valence-electron chi connectivity index (χ0n) is 7.60. The van der Waals surface area contributed by atoms with E-state index in [1.807, 2.05) is 6.92 Å². The standard InChI is InChI=1S/C6H16O3S3Si/c1-2-3-13(7-4-10,8-5-11)9-6-12/h10-12H,2-6H2,1H3. The molecule has 0 aliphatic heterocycles. The molecule has 13 heavy (non-hydrogen) atoms. The fourth-order valence-corrected chi connectivity index (χ4v) is 4.60. The molecule has 0 atom stereocenters. The third-order valence-corrected chi connectivity index (χ3v) is 5.39. The molecule has 0 amide bonds. The van der Waals surface area contributed by atoms with Crippen LogP contribution in [0.5, 0.6) is 0 Å². The van der Waals surface area contributed by atoms with E-state index >= 15 is 0 Å². The van der Waals surface area contributed by atoms with Crippen molar-refractivity contribution in [3.05, 3.63) is 0 Å². The predicted octanol–water partition coefficient (Wildman–Crippen LogP) is 2.05. The first-order valence-corrected chi connectivity index (χ1v) is 7.82. The van der Waals surface area contributed by atoms with Crippen molar-refractivity contribution in [2.45, 2.75) is 19.4 Å². The lowest BCUT2D eigenvalue weighted by atomic mass is 10.6. The molecule has 7 heteroatoms. The van der Waals surface area contributed by atoms with Crippen molar-refractivity contribution < 1.29 is 13.3 Å². The molecule has 0 aromatic heterocycles. The molecule has 0 aromatic carbocycles. The summed E-state index contributed by atoms with van der Waals surface area (Å²) in [6.07, 6.45) is 0.946. The van der Waals surface area contributed by atoms with E-state index in [4.69, 9.17) is 13.3 Å². The Morgan fingerprint density at radius 1 is 0.923 bits per heavy atom. The third kappa shape index (κ3) is 5.56. The van der Waals surface area contributed by atoms with Gasteiger partial charge in [-0.25, -0.2) is 0 Å². The summed E-state index contributed by atoms with van der Waals surface area (Å²) in [6.45, 7) is 2.05. The molecule has 0 spiro atoms. The third-order valence-electron chi connectivity index (χ3n) is 1.41. The van der Waals surface area contributed by atoms with Gasteiger partial charge in [-0.2, -0.15) is 37.9 Å². The van der Waals surface area contributed by atoms with Gasteiger partial charge in [0.1, 0.15) is 0 Å². The molecule has 0 rings (SSSR count). The van der Waals surface area contributed by atoms with Crippen LogP contribution in [0.4, 0.5) is 0 Å². The molecule has 0 aliphatic carbocycles. The van der Waals surface area contributed by atoms with Crippen LogP contribution in [0.2, 0.25) is 6.04 Å². The van der Waals surface area contributed by atoms with Gasteiger partial charge in [-0.3, -0.25) is 0 Å². The number of hydrogen-bond donors (Lipinski definition) is 3. The highest BCUT2D eigenvalue weighted by atomic mass is 32.1. The summed E-state index contributed by atoms with van der Waals surface area (Å²) in [5, 5.41) is 0. The van der Waals surface area contributed by atoms with E-state index in [0.29, 0.717) is 17.8 Å². The van der Waals surface area contributed by atoms with E-state index in [1.54, 1.807) is 0 Å². The van der Waals surface area contributed by atoms with Crippen LogP contribution in [0.25, 0.3) is 0 Å². The van der Waals surface area contributed by atoms with Gasteiger partial charge in [0, 0.05) is 6.04 Å². The maximum atomic E-state index is 5.41. The number of thiol groups is 3. The van der Waals surface area contributed by atoms with Gasteiger partial charge in [-0.1, -0.05) is 13.3 Å². The normalized spacial score (nSPS) is 12.0. The highest BCUT2D eigenvalue weighted by Crippen LogP contribution is 2.19. The molecule has 0 heterocycles. The van der Waals surface area contributed by atoms with E-state index < -0.39 is 8.80 Å². The van der Waals surface area contributed by atoms with Gasteiger partial charge in [0.05, 0.1) is 17.8 Å². The lowest BCUT2D eigenvalue weighted by Gasteiger charge is -2.27. The Morgan fingerprint density at radius 2 is 1.31 bits per heavy atom. The molecule has 0 saturated carbocycles. The molecular formula is C6H16O3S3Si. The van der Waals surface area contributed by atoms with E-state index in [9.17, 15) is 0 Å². The van der Waals surface area contributed by atoms with Crippen LogP contribution >= 0.6 is 37.9 Å². The first-order chi connectivity index (χ1) is 6.24. The summed E-state index contributed by atoms with van der Waals surface area (Å²) in [5.74, 6) is 0.898. The second-order valence-electron chi connectivity index (χ2n) is 2.25. The van der Waals surface area contributed by atoms with Crippen molar-refractivity contribution in [2.24, 2.45) is 0 Å². The maximum Gasteiger partial charge on any atom is 0.502 e. The zero-order chi connectivity index (χ0) is 10.2. The average molecular weight is 260 g/mol. The minimum Gasteiger partial charge on any atom is -0.364 e. The number of rotatable bonds is 8. The smallest absolute Gasteiger partial charge is 0.364 e. The molecule has 0 N–H and O–H groups in total. The molecule has 0 aliphatic rings. The Morgan fingerprint density at radius 3 is 1.54 bits per heavy atom. The first-order valence-electron chi connectivity index (χ1n) is 3.99. The second kappa shape index (κ2) is 8.45. The van der Waals surface area contributed by atoms with Crippen LogP contribution in [0.3, 0.4) is 0 Å². The van der Waals surface area contributed by atoms with Crippen LogP contribution in [0, 0.1) is 0 Å². The Balaban J connectivity index is 4.19. The highest BCUT2D eigenvalue weighted by Gasteiger charge is 2.39. The zero-order valence-corrected chi connectivity index (χ0v) is 11.3. The van der Waals surface area contributed by atoms with Gasteiger partial charge in [0.15, 0.2) is 0 Å².